The lowest BCUT2D eigenvalue weighted by molar-refractivity contribution is -0.161. The van der Waals surface area contributed by atoms with Crippen molar-refractivity contribution in [3.63, 3.8) is 0 Å². The van der Waals surface area contributed by atoms with Crippen molar-refractivity contribution in [3.05, 3.63) is 77.8 Å². The molecule has 0 saturated carbocycles. The highest BCUT2D eigenvalue weighted by Gasteiger charge is 2.50. The van der Waals surface area contributed by atoms with Gasteiger partial charge in [-0.05, 0) is 71.3 Å². The van der Waals surface area contributed by atoms with Crippen molar-refractivity contribution < 1.29 is 37.0 Å². The van der Waals surface area contributed by atoms with Gasteiger partial charge in [-0.15, -0.1) is 0 Å². The third-order valence-corrected chi connectivity index (χ3v) is 8.96. The highest BCUT2D eigenvalue weighted by atomic mass is 19.1. The third-order valence-electron chi connectivity index (χ3n) is 8.96. The van der Waals surface area contributed by atoms with E-state index in [9.17, 15) is 18.8 Å². The highest BCUT2D eigenvalue weighted by Crippen LogP contribution is 2.41. The second-order valence-electron chi connectivity index (χ2n) is 14.1. The van der Waals surface area contributed by atoms with Crippen molar-refractivity contribution >= 4 is 18.0 Å². The first-order valence-corrected chi connectivity index (χ1v) is 16.5. The number of aromatic nitrogens is 2. The molecule has 2 fully saturated rings. The van der Waals surface area contributed by atoms with Gasteiger partial charge in [0.1, 0.15) is 35.3 Å². The number of imidazole rings is 1. The van der Waals surface area contributed by atoms with E-state index in [4.69, 9.17) is 14.5 Å². The van der Waals surface area contributed by atoms with Crippen LogP contribution in [0, 0.1) is 17.6 Å². The molecule has 0 spiro atoms. The molecule has 0 radical (unpaired) electrons. The minimum Gasteiger partial charge on any atom is -0.453 e. The normalized spacial score (nSPS) is 21.9. The van der Waals surface area contributed by atoms with Gasteiger partial charge in [-0.2, -0.15) is 0 Å². The number of amides is 2. The number of ether oxygens (including phenoxy) is 2. The molecule has 10 nitrogen and oxygen atoms in total. The molecule has 2 aliphatic heterocycles. The second kappa shape index (κ2) is 14.2. The average molecular weight is 684 g/mol. The molecule has 2 aromatic carbocycles. The van der Waals surface area contributed by atoms with Crippen molar-refractivity contribution in [3.8, 4) is 11.3 Å². The van der Waals surface area contributed by atoms with Crippen LogP contribution in [0.2, 0.25) is 0 Å². The quantitative estimate of drug-likeness (QED) is 0.275. The van der Waals surface area contributed by atoms with Crippen molar-refractivity contribution in [2.75, 3.05) is 26.2 Å². The zero-order valence-electron chi connectivity index (χ0n) is 28.7. The van der Waals surface area contributed by atoms with Crippen LogP contribution in [0.4, 0.5) is 18.0 Å². The molecule has 264 valence electrons. The first-order valence-electron chi connectivity index (χ1n) is 16.5. The fraction of sp³-hybridized carbons (Fsp3) is 0.500. The Morgan fingerprint density at radius 2 is 1.82 bits per heavy atom. The Morgan fingerprint density at radius 1 is 1.12 bits per heavy atom. The molecule has 49 heavy (non-hydrogen) atoms. The maximum absolute atomic E-state index is 15.8. The van der Waals surface area contributed by atoms with Gasteiger partial charge in [0, 0.05) is 49.8 Å². The lowest BCUT2D eigenvalue weighted by Crippen LogP contribution is -2.64. The van der Waals surface area contributed by atoms with Gasteiger partial charge in [-0.1, -0.05) is 30.3 Å². The SMILES string of the molecule is CC(=O)OC(C)C(=O)N(CC1CN(C(=O)OC(C)(C)C)CC1F)C(c1nc(-c2cc(F)ccc2F)cn1Cc1ccccc1)C1(C)CCN1. The zero-order chi connectivity index (χ0) is 35.7. The molecule has 1 N–H and O–H groups in total. The predicted molar refractivity (Wildman–Crippen MR) is 176 cm³/mol. The van der Waals surface area contributed by atoms with Crippen LogP contribution in [0.1, 0.15) is 65.4 Å². The number of carbonyl (C=O) groups excluding carboxylic acids is 3. The fourth-order valence-corrected chi connectivity index (χ4v) is 6.49. The van der Waals surface area contributed by atoms with Gasteiger partial charge in [-0.3, -0.25) is 9.59 Å². The Morgan fingerprint density at radius 3 is 2.43 bits per heavy atom. The van der Waals surface area contributed by atoms with Gasteiger partial charge in [0.2, 0.25) is 0 Å². The van der Waals surface area contributed by atoms with Crippen LogP contribution >= 0.6 is 0 Å². The largest absolute Gasteiger partial charge is 0.453 e. The van der Waals surface area contributed by atoms with Crippen molar-refractivity contribution in [1.29, 1.82) is 0 Å². The number of halogens is 3. The summed E-state index contributed by atoms with van der Waals surface area (Å²) < 4.78 is 58.0. The van der Waals surface area contributed by atoms with Crippen LogP contribution in [0.25, 0.3) is 11.3 Å². The molecule has 2 aliphatic rings. The number of likely N-dealkylation sites (tertiary alicyclic amines) is 1. The second-order valence-corrected chi connectivity index (χ2v) is 14.1. The molecule has 13 heteroatoms. The van der Waals surface area contributed by atoms with Crippen LogP contribution in [-0.4, -0.2) is 86.9 Å². The molecular weight excluding hydrogens is 639 g/mol. The summed E-state index contributed by atoms with van der Waals surface area (Å²) in [4.78, 5) is 46.9. The number of nitrogens with one attached hydrogen (secondary N) is 1. The molecule has 0 bridgehead atoms. The molecule has 5 unspecified atom stereocenters. The number of alkyl halides is 1. The molecule has 0 aliphatic carbocycles. The van der Waals surface area contributed by atoms with E-state index >= 15 is 8.78 Å². The van der Waals surface area contributed by atoms with Crippen molar-refractivity contribution in [2.45, 2.75) is 84.0 Å². The monoisotopic (exact) mass is 683 g/mol. The van der Waals surface area contributed by atoms with E-state index in [1.54, 1.807) is 31.5 Å². The Bertz CT molecular complexity index is 1670. The Labute approximate surface area is 284 Å². The lowest BCUT2D eigenvalue weighted by atomic mass is 9.80. The van der Waals surface area contributed by atoms with E-state index in [-0.39, 0.29) is 37.4 Å². The summed E-state index contributed by atoms with van der Waals surface area (Å²) in [5.41, 5.74) is -0.601. The van der Waals surface area contributed by atoms with E-state index in [0.717, 1.165) is 23.8 Å². The highest BCUT2D eigenvalue weighted by molar-refractivity contribution is 5.83. The molecule has 2 amide bonds. The van der Waals surface area contributed by atoms with Crippen LogP contribution in [0.15, 0.2) is 54.7 Å². The van der Waals surface area contributed by atoms with E-state index in [0.29, 0.717) is 18.8 Å². The van der Waals surface area contributed by atoms with Gasteiger partial charge < -0.3 is 29.2 Å². The third kappa shape index (κ3) is 8.26. The zero-order valence-corrected chi connectivity index (χ0v) is 28.7. The standard InChI is InChI=1S/C36H44F3N5O5/c1-22(48-23(2)45)33(46)44(19-25-18-43(20-29(25)39)34(47)49-35(3,4)5)31(36(6)14-15-40-36)32-41-30(27-16-26(37)12-13-28(27)38)21-42(32)17-24-10-8-7-9-11-24/h7-13,16,21-22,25,29,31,40H,14-15,17-20H2,1-6H3. The smallest absolute Gasteiger partial charge is 0.410 e. The van der Waals surface area contributed by atoms with E-state index in [2.05, 4.69) is 5.32 Å². The molecule has 3 aromatic rings. The Kier molecular flexibility index (Phi) is 10.4. The fourth-order valence-electron chi connectivity index (χ4n) is 6.49. The number of rotatable bonds is 10. The maximum Gasteiger partial charge on any atom is 0.410 e. The topological polar surface area (TPSA) is 106 Å². The minimum absolute atomic E-state index is 0.0170. The Hall–Kier alpha value is -4.39. The van der Waals surface area contributed by atoms with Crippen molar-refractivity contribution in [1.82, 2.24) is 24.7 Å². The predicted octanol–water partition coefficient (Wildman–Crippen LogP) is 5.65. The summed E-state index contributed by atoms with van der Waals surface area (Å²) in [7, 11) is 0. The molecule has 2 saturated heterocycles. The van der Waals surface area contributed by atoms with E-state index in [1.807, 2.05) is 37.3 Å². The number of nitrogens with zero attached hydrogens (tertiary/aromatic N) is 4. The first kappa shape index (κ1) is 35.9. The summed E-state index contributed by atoms with van der Waals surface area (Å²) in [5, 5.41) is 3.42. The number of benzene rings is 2. The first-order chi connectivity index (χ1) is 23.0. The van der Waals surface area contributed by atoms with Crippen LogP contribution in [0.5, 0.6) is 0 Å². The molecule has 5 atom stereocenters. The van der Waals surface area contributed by atoms with E-state index < -0.39 is 65.0 Å². The Balaban J connectivity index is 1.62. The lowest BCUT2D eigenvalue weighted by Gasteiger charge is -2.50. The van der Waals surface area contributed by atoms with Gasteiger partial charge in [0.05, 0.1) is 12.2 Å². The van der Waals surface area contributed by atoms with Crippen molar-refractivity contribution in [2.24, 2.45) is 5.92 Å². The molecule has 1 aromatic heterocycles. The van der Waals surface area contributed by atoms with Gasteiger partial charge in [0.15, 0.2) is 6.10 Å². The minimum atomic E-state index is -1.49. The molecule has 3 heterocycles. The van der Waals surface area contributed by atoms with Gasteiger partial charge >= 0.3 is 12.1 Å². The number of carbonyl (C=O) groups is 3. The summed E-state index contributed by atoms with van der Waals surface area (Å²) >= 11 is 0. The molecule has 5 rings (SSSR count). The summed E-state index contributed by atoms with van der Waals surface area (Å²) in [6.45, 7) is 10.2. The van der Waals surface area contributed by atoms with Crippen LogP contribution < -0.4 is 5.32 Å². The van der Waals surface area contributed by atoms with Gasteiger partial charge in [0.25, 0.3) is 5.91 Å². The summed E-state index contributed by atoms with van der Waals surface area (Å²) in [6.07, 6.45) is -1.17. The van der Waals surface area contributed by atoms with Crippen LogP contribution in [-0.2, 0) is 25.6 Å². The molecular formula is C36H44F3N5O5. The number of esters is 1. The summed E-state index contributed by atoms with van der Waals surface area (Å²) in [6, 6.07) is 11.7. The van der Waals surface area contributed by atoms with Gasteiger partial charge in [-0.25, -0.2) is 22.9 Å². The number of hydrogen-bond acceptors (Lipinski definition) is 7. The average Bonchev–Trinajstić information content (AvgIpc) is 3.59. The number of hydrogen-bond donors (Lipinski definition) is 1. The maximum atomic E-state index is 15.8. The van der Waals surface area contributed by atoms with E-state index in [1.165, 1.54) is 23.6 Å². The summed E-state index contributed by atoms with van der Waals surface area (Å²) in [5.74, 6) is -3.04. The van der Waals surface area contributed by atoms with Crippen LogP contribution in [0.3, 0.4) is 0 Å².